The number of hydrogen-bond acceptors (Lipinski definition) is 6. The number of benzene rings is 1. The molecule has 0 fully saturated rings. The number of nitrogens with one attached hydrogen (secondary N) is 1. The van der Waals surface area contributed by atoms with Crippen molar-refractivity contribution in [2.45, 2.75) is 10.5 Å². The average molecular weight is 429 g/mol. The summed E-state index contributed by atoms with van der Waals surface area (Å²) in [7, 11) is -3.90. The molecule has 11 heteroatoms. The zero-order chi connectivity index (χ0) is 17.7. The summed E-state index contributed by atoms with van der Waals surface area (Å²) in [4.78, 5) is 7.84. The number of ether oxygens (including phenoxy) is 1. The number of hydrogen-bond donors (Lipinski definition) is 1. The van der Waals surface area contributed by atoms with Gasteiger partial charge in [0.25, 0.3) is 15.9 Å². The first-order chi connectivity index (χ1) is 11.3. The summed E-state index contributed by atoms with van der Waals surface area (Å²) in [5.74, 6) is 0.104. The van der Waals surface area contributed by atoms with Crippen molar-refractivity contribution in [3.8, 4) is 5.88 Å². The van der Waals surface area contributed by atoms with Crippen molar-refractivity contribution < 1.29 is 13.2 Å². The Morgan fingerprint density at radius 2 is 1.83 bits per heavy atom. The van der Waals surface area contributed by atoms with Gasteiger partial charge in [0.05, 0.1) is 4.90 Å². The smallest absolute Gasteiger partial charge is 0.263 e. The number of aromatic nitrogens is 2. The van der Waals surface area contributed by atoms with Gasteiger partial charge >= 0.3 is 0 Å². The van der Waals surface area contributed by atoms with Crippen LogP contribution in [0.3, 0.4) is 0 Å². The van der Waals surface area contributed by atoms with Crippen LogP contribution in [0.4, 0.5) is 5.82 Å². The standard InChI is InChI=1S/C13H12Cl3N3O3S2/c1-23-7-9(14)22-13-12(17-10(15)11(16)18-13)19-24(20,21)8-5-3-2-4-6-8/h2-6,9H,7H2,1H3,(H,17,19). The fraction of sp³-hybridized carbons (Fsp3) is 0.231. The maximum absolute atomic E-state index is 12.4. The fourth-order valence-electron chi connectivity index (χ4n) is 1.60. The highest BCUT2D eigenvalue weighted by Crippen LogP contribution is 2.30. The van der Waals surface area contributed by atoms with Crippen LogP contribution in [0.2, 0.25) is 10.3 Å². The van der Waals surface area contributed by atoms with E-state index < -0.39 is 15.6 Å². The lowest BCUT2D eigenvalue weighted by atomic mass is 10.4. The van der Waals surface area contributed by atoms with E-state index in [0.29, 0.717) is 5.75 Å². The molecule has 0 saturated carbocycles. The largest absolute Gasteiger partial charge is 0.454 e. The Kier molecular flexibility index (Phi) is 6.82. The number of thioether (sulfide) groups is 1. The number of alkyl halides is 1. The van der Waals surface area contributed by atoms with Gasteiger partial charge in [0.2, 0.25) is 5.82 Å². The lowest BCUT2D eigenvalue weighted by molar-refractivity contribution is 0.294. The van der Waals surface area contributed by atoms with Crippen LogP contribution in [0.5, 0.6) is 5.88 Å². The van der Waals surface area contributed by atoms with Gasteiger partial charge in [-0.2, -0.15) is 16.7 Å². The number of rotatable bonds is 7. The molecule has 130 valence electrons. The van der Waals surface area contributed by atoms with Crippen LogP contribution in [0, 0.1) is 0 Å². The average Bonchev–Trinajstić information content (AvgIpc) is 2.53. The maximum Gasteiger partial charge on any atom is 0.263 e. The van der Waals surface area contributed by atoms with Gasteiger partial charge in [-0.15, -0.1) is 0 Å². The zero-order valence-electron chi connectivity index (χ0n) is 12.2. The van der Waals surface area contributed by atoms with Gasteiger partial charge in [-0.3, -0.25) is 4.72 Å². The van der Waals surface area contributed by atoms with Crippen molar-refractivity contribution in [1.29, 1.82) is 0 Å². The highest BCUT2D eigenvalue weighted by atomic mass is 35.5. The molecule has 2 rings (SSSR count). The number of anilines is 1. The molecule has 1 unspecified atom stereocenters. The van der Waals surface area contributed by atoms with E-state index in [1.807, 2.05) is 6.26 Å². The van der Waals surface area contributed by atoms with Gasteiger partial charge in [0.15, 0.2) is 15.9 Å². The Morgan fingerprint density at radius 1 is 1.21 bits per heavy atom. The molecule has 1 heterocycles. The first kappa shape index (κ1) is 19.4. The molecule has 1 aromatic carbocycles. The van der Waals surface area contributed by atoms with Crippen molar-refractivity contribution >= 4 is 62.4 Å². The quantitative estimate of drug-likeness (QED) is 0.674. The zero-order valence-corrected chi connectivity index (χ0v) is 16.1. The number of nitrogens with zero attached hydrogens (tertiary/aromatic N) is 2. The summed E-state index contributed by atoms with van der Waals surface area (Å²) in [5.41, 5.74) is -0.744. The topological polar surface area (TPSA) is 81.2 Å². The van der Waals surface area contributed by atoms with Crippen LogP contribution >= 0.6 is 46.6 Å². The molecule has 0 aliphatic carbocycles. The number of halogens is 3. The number of sulfonamides is 1. The lowest BCUT2D eigenvalue weighted by Gasteiger charge is -2.15. The summed E-state index contributed by atoms with van der Waals surface area (Å²) >= 11 is 19.1. The summed E-state index contributed by atoms with van der Waals surface area (Å²) in [6.07, 6.45) is 1.85. The minimum atomic E-state index is -3.90. The lowest BCUT2D eigenvalue weighted by Crippen LogP contribution is -2.18. The molecule has 0 radical (unpaired) electrons. The molecule has 1 atom stereocenters. The summed E-state index contributed by atoms with van der Waals surface area (Å²) in [6.45, 7) is 0. The summed E-state index contributed by atoms with van der Waals surface area (Å²) in [6, 6.07) is 7.77. The Balaban J connectivity index is 2.36. The molecular weight excluding hydrogens is 417 g/mol. The monoisotopic (exact) mass is 427 g/mol. The Morgan fingerprint density at radius 3 is 2.46 bits per heavy atom. The van der Waals surface area contributed by atoms with Gasteiger partial charge in [0.1, 0.15) is 0 Å². The first-order valence-electron chi connectivity index (χ1n) is 6.44. The highest BCUT2D eigenvalue weighted by molar-refractivity contribution is 7.98. The summed E-state index contributed by atoms with van der Waals surface area (Å²) < 4.78 is 32.5. The van der Waals surface area contributed by atoms with Gasteiger partial charge in [0, 0.05) is 5.75 Å². The molecule has 1 aromatic heterocycles. The minimum Gasteiger partial charge on any atom is -0.454 e. The van der Waals surface area contributed by atoms with E-state index in [4.69, 9.17) is 39.5 Å². The molecule has 2 aromatic rings. The second kappa shape index (κ2) is 8.44. The molecule has 0 saturated heterocycles. The predicted octanol–water partition coefficient (Wildman–Crippen LogP) is 3.89. The van der Waals surface area contributed by atoms with E-state index in [-0.39, 0.29) is 26.9 Å². The normalized spacial score (nSPS) is 12.7. The van der Waals surface area contributed by atoms with Gasteiger partial charge in [-0.05, 0) is 18.4 Å². The van der Waals surface area contributed by atoms with E-state index in [9.17, 15) is 8.42 Å². The molecule has 0 bridgehead atoms. The third-order valence-electron chi connectivity index (χ3n) is 2.60. The minimum absolute atomic E-state index is 0.0513. The van der Waals surface area contributed by atoms with Crippen LogP contribution in [0.1, 0.15) is 0 Å². The third-order valence-corrected chi connectivity index (χ3v) is 5.65. The molecule has 6 nitrogen and oxygen atoms in total. The fourth-order valence-corrected chi connectivity index (χ4v) is 3.66. The summed E-state index contributed by atoms with van der Waals surface area (Å²) in [5, 5.41) is -0.284. The van der Waals surface area contributed by atoms with E-state index in [1.165, 1.54) is 23.9 Å². The van der Waals surface area contributed by atoms with Crippen molar-refractivity contribution in [1.82, 2.24) is 9.97 Å². The second-order valence-corrected chi connectivity index (χ2v) is 8.16. The van der Waals surface area contributed by atoms with Crippen molar-refractivity contribution in [3.63, 3.8) is 0 Å². The SMILES string of the molecule is CSCC(Cl)Oc1nc(Cl)c(Cl)nc1NS(=O)(=O)c1ccccc1. The van der Waals surface area contributed by atoms with Crippen LogP contribution in [0.25, 0.3) is 0 Å². The molecule has 0 aliphatic rings. The second-order valence-electron chi connectivity index (χ2n) is 4.36. The Bertz CT molecular complexity index is 807. The van der Waals surface area contributed by atoms with Gasteiger partial charge < -0.3 is 4.74 Å². The van der Waals surface area contributed by atoms with Crippen LogP contribution in [0.15, 0.2) is 35.2 Å². The van der Waals surface area contributed by atoms with Crippen molar-refractivity contribution in [2.24, 2.45) is 0 Å². The van der Waals surface area contributed by atoms with Crippen LogP contribution < -0.4 is 9.46 Å². The Hall–Kier alpha value is -0.930. The Labute approximate surface area is 158 Å². The van der Waals surface area contributed by atoms with Crippen molar-refractivity contribution in [3.05, 3.63) is 40.6 Å². The molecule has 0 amide bonds. The third kappa shape index (κ3) is 5.03. The van der Waals surface area contributed by atoms with Gasteiger partial charge in [-0.25, -0.2) is 13.4 Å². The predicted molar refractivity (Wildman–Crippen MR) is 98.0 cm³/mol. The molecule has 1 N–H and O–H groups in total. The van der Waals surface area contributed by atoms with Crippen molar-refractivity contribution in [2.75, 3.05) is 16.7 Å². The van der Waals surface area contributed by atoms with E-state index in [2.05, 4.69) is 14.7 Å². The van der Waals surface area contributed by atoms with E-state index in [0.717, 1.165) is 0 Å². The van der Waals surface area contributed by atoms with Gasteiger partial charge in [-0.1, -0.05) is 53.0 Å². The molecule has 0 aliphatic heterocycles. The molecule has 0 spiro atoms. The first-order valence-corrected chi connectivity index (χ1v) is 10.5. The molecular formula is C13H12Cl3N3O3S2. The highest BCUT2D eigenvalue weighted by Gasteiger charge is 2.22. The van der Waals surface area contributed by atoms with E-state index in [1.54, 1.807) is 18.2 Å². The van der Waals surface area contributed by atoms with E-state index >= 15 is 0 Å². The van der Waals surface area contributed by atoms with Crippen LogP contribution in [-0.4, -0.2) is 36.0 Å². The maximum atomic E-state index is 12.4. The van der Waals surface area contributed by atoms with Crippen LogP contribution in [-0.2, 0) is 10.0 Å². The molecule has 24 heavy (non-hydrogen) atoms.